The summed E-state index contributed by atoms with van der Waals surface area (Å²) in [5, 5.41) is 10.3. The Balaban J connectivity index is 1.25. The molecule has 0 aromatic heterocycles. The quantitative estimate of drug-likeness (QED) is 0.694. The summed E-state index contributed by atoms with van der Waals surface area (Å²) in [7, 11) is 0. The Morgan fingerprint density at radius 1 is 0.962 bits per heavy atom. The van der Waals surface area contributed by atoms with Crippen molar-refractivity contribution in [1.82, 2.24) is 5.32 Å². The van der Waals surface area contributed by atoms with Gasteiger partial charge in [0.2, 0.25) is 5.91 Å². The first-order valence-electron chi connectivity index (χ1n) is 10.6. The first kappa shape index (κ1) is 16.6. The van der Waals surface area contributed by atoms with Gasteiger partial charge in [0.05, 0.1) is 17.9 Å². The van der Waals surface area contributed by atoms with Crippen molar-refractivity contribution in [2.45, 2.75) is 56.9 Å². The van der Waals surface area contributed by atoms with Crippen LogP contribution in [0.3, 0.4) is 0 Å². The maximum absolute atomic E-state index is 12.3. The van der Waals surface area contributed by atoms with Gasteiger partial charge in [-0.15, -0.1) is 0 Å². The highest BCUT2D eigenvalue weighted by molar-refractivity contribution is 5.95. The van der Waals surface area contributed by atoms with Gasteiger partial charge in [-0.25, -0.2) is 0 Å². The van der Waals surface area contributed by atoms with E-state index in [9.17, 15) is 4.79 Å². The number of hydrogen-bond acceptors (Lipinski definition) is 3. The number of carbonyl (C=O) groups is 1. The highest BCUT2D eigenvalue weighted by Crippen LogP contribution is 2.56. The lowest BCUT2D eigenvalue weighted by atomic mass is 9.53. The Morgan fingerprint density at radius 2 is 1.58 bits per heavy atom. The van der Waals surface area contributed by atoms with Crippen LogP contribution in [0, 0.1) is 23.7 Å². The molecule has 0 unspecified atom stereocenters. The van der Waals surface area contributed by atoms with Crippen LogP contribution in [0.5, 0.6) is 0 Å². The molecular formula is C22H31N3O. The first-order valence-corrected chi connectivity index (χ1v) is 10.6. The van der Waals surface area contributed by atoms with Crippen LogP contribution in [-0.2, 0) is 4.79 Å². The van der Waals surface area contributed by atoms with Crippen molar-refractivity contribution in [2.24, 2.45) is 23.7 Å². The van der Waals surface area contributed by atoms with Crippen LogP contribution < -0.4 is 16.0 Å². The fourth-order valence-electron chi connectivity index (χ4n) is 6.16. The minimum absolute atomic E-state index is 0.0606. The van der Waals surface area contributed by atoms with Gasteiger partial charge in [0.15, 0.2) is 0 Å². The summed E-state index contributed by atoms with van der Waals surface area (Å²) in [5.74, 6) is 3.62. The van der Waals surface area contributed by atoms with E-state index in [-0.39, 0.29) is 11.4 Å². The lowest BCUT2D eigenvalue weighted by Gasteiger charge is -2.57. The predicted octanol–water partition coefficient (Wildman–Crippen LogP) is 4.01. The molecule has 4 heteroatoms. The molecular weight excluding hydrogens is 322 g/mol. The molecule has 0 heterocycles. The molecule has 5 fully saturated rings. The van der Waals surface area contributed by atoms with Crippen LogP contribution in [-0.4, -0.2) is 24.5 Å². The fourth-order valence-corrected chi connectivity index (χ4v) is 6.16. The highest BCUT2D eigenvalue weighted by Gasteiger charge is 2.51. The maximum atomic E-state index is 12.3. The molecule has 26 heavy (non-hydrogen) atoms. The summed E-state index contributed by atoms with van der Waals surface area (Å²) in [4.78, 5) is 12.3. The molecule has 0 atom stereocenters. The molecule has 0 spiro atoms. The average Bonchev–Trinajstić information content (AvgIpc) is 3.39. The zero-order valence-electron chi connectivity index (χ0n) is 15.6. The Kier molecular flexibility index (Phi) is 4.19. The molecule has 0 radical (unpaired) electrons. The smallest absolute Gasteiger partial charge is 0.238 e. The third-order valence-corrected chi connectivity index (χ3v) is 7.05. The van der Waals surface area contributed by atoms with Gasteiger partial charge >= 0.3 is 0 Å². The van der Waals surface area contributed by atoms with Gasteiger partial charge in [0.1, 0.15) is 0 Å². The summed E-state index contributed by atoms with van der Waals surface area (Å²) in [6.45, 7) is 1.38. The molecule has 5 saturated carbocycles. The predicted molar refractivity (Wildman–Crippen MR) is 105 cm³/mol. The number of benzene rings is 1. The van der Waals surface area contributed by atoms with E-state index in [2.05, 4.69) is 28.1 Å². The van der Waals surface area contributed by atoms with Crippen molar-refractivity contribution in [2.75, 3.05) is 23.7 Å². The molecule has 6 rings (SSSR count). The van der Waals surface area contributed by atoms with E-state index in [4.69, 9.17) is 0 Å². The van der Waals surface area contributed by atoms with Crippen LogP contribution in [0.15, 0.2) is 24.3 Å². The van der Waals surface area contributed by atoms with Crippen molar-refractivity contribution in [3.63, 3.8) is 0 Å². The van der Waals surface area contributed by atoms with Crippen molar-refractivity contribution in [3.05, 3.63) is 24.3 Å². The van der Waals surface area contributed by atoms with Gasteiger partial charge < -0.3 is 16.0 Å². The van der Waals surface area contributed by atoms with Crippen LogP contribution >= 0.6 is 0 Å². The highest BCUT2D eigenvalue weighted by atomic mass is 16.1. The molecule has 0 aliphatic heterocycles. The molecule has 1 aromatic carbocycles. The lowest BCUT2D eigenvalue weighted by Crippen LogP contribution is -2.54. The van der Waals surface area contributed by atoms with Gasteiger partial charge in [0.25, 0.3) is 0 Å². The SMILES string of the molecule is O=C(CNCC1CC1)Nc1ccccc1NC12CC3CC(CC(C3)C1)C2. The number of amides is 1. The molecule has 4 nitrogen and oxygen atoms in total. The largest absolute Gasteiger partial charge is 0.378 e. The first-order chi connectivity index (χ1) is 12.7. The Morgan fingerprint density at radius 3 is 2.19 bits per heavy atom. The third kappa shape index (κ3) is 3.48. The van der Waals surface area contributed by atoms with E-state index in [1.54, 1.807) is 0 Å². The Labute approximate surface area is 156 Å². The van der Waals surface area contributed by atoms with Crippen molar-refractivity contribution >= 4 is 17.3 Å². The zero-order valence-corrected chi connectivity index (χ0v) is 15.6. The summed E-state index contributed by atoms with van der Waals surface area (Å²) < 4.78 is 0. The monoisotopic (exact) mass is 353 g/mol. The number of hydrogen-bond donors (Lipinski definition) is 3. The second-order valence-corrected chi connectivity index (χ2v) is 9.49. The molecule has 5 aliphatic carbocycles. The summed E-state index contributed by atoms with van der Waals surface area (Å²) in [6, 6.07) is 8.25. The topological polar surface area (TPSA) is 53.2 Å². The van der Waals surface area contributed by atoms with Crippen LogP contribution in [0.25, 0.3) is 0 Å². The van der Waals surface area contributed by atoms with E-state index < -0.39 is 0 Å². The summed E-state index contributed by atoms with van der Waals surface area (Å²) >= 11 is 0. The standard InChI is InChI=1S/C22H31N3O/c26-21(14-23-13-15-5-6-15)24-19-3-1-2-4-20(19)25-22-10-16-7-17(11-22)9-18(8-16)12-22/h1-4,15-18,23,25H,5-14H2,(H,24,26). The van der Waals surface area contributed by atoms with Gasteiger partial charge in [-0.2, -0.15) is 0 Å². The van der Waals surface area contributed by atoms with Crippen molar-refractivity contribution in [3.8, 4) is 0 Å². The zero-order chi connectivity index (χ0) is 17.6. The van der Waals surface area contributed by atoms with Gasteiger partial charge in [-0.1, -0.05) is 12.1 Å². The maximum Gasteiger partial charge on any atom is 0.238 e. The van der Waals surface area contributed by atoms with E-state index >= 15 is 0 Å². The van der Waals surface area contributed by atoms with Gasteiger partial charge in [-0.3, -0.25) is 4.79 Å². The molecule has 4 bridgehead atoms. The number of para-hydroxylation sites is 2. The van der Waals surface area contributed by atoms with Crippen molar-refractivity contribution in [1.29, 1.82) is 0 Å². The van der Waals surface area contributed by atoms with Gasteiger partial charge in [0, 0.05) is 5.54 Å². The summed E-state index contributed by atoms with van der Waals surface area (Å²) in [6.07, 6.45) is 10.9. The molecule has 0 saturated heterocycles. The van der Waals surface area contributed by atoms with E-state index in [0.29, 0.717) is 6.54 Å². The molecule has 1 aromatic rings. The average molecular weight is 354 g/mol. The molecule has 3 N–H and O–H groups in total. The number of anilines is 2. The summed E-state index contributed by atoms with van der Waals surface area (Å²) in [5.41, 5.74) is 2.30. The lowest BCUT2D eigenvalue weighted by molar-refractivity contribution is -0.115. The Bertz CT molecular complexity index is 646. The minimum atomic E-state index is 0.0606. The number of rotatable bonds is 7. The molecule has 140 valence electrons. The van der Waals surface area contributed by atoms with Gasteiger partial charge in [-0.05, 0) is 93.7 Å². The third-order valence-electron chi connectivity index (χ3n) is 7.05. The van der Waals surface area contributed by atoms with E-state index in [1.807, 2.05) is 12.1 Å². The van der Waals surface area contributed by atoms with E-state index in [0.717, 1.165) is 41.6 Å². The Hall–Kier alpha value is -1.55. The van der Waals surface area contributed by atoms with E-state index in [1.165, 1.54) is 51.4 Å². The normalized spacial score (nSPS) is 34.7. The van der Waals surface area contributed by atoms with Crippen LogP contribution in [0.1, 0.15) is 51.4 Å². The minimum Gasteiger partial charge on any atom is -0.378 e. The molecule has 5 aliphatic rings. The second kappa shape index (κ2) is 6.56. The number of nitrogens with one attached hydrogen (secondary N) is 3. The number of carbonyl (C=O) groups excluding carboxylic acids is 1. The fraction of sp³-hybridized carbons (Fsp3) is 0.682. The molecule has 1 amide bonds. The second-order valence-electron chi connectivity index (χ2n) is 9.49. The van der Waals surface area contributed by atoms with Crippen molar-refractivity contribution < 1.29 is 4.79 Å². The van der Waals surface area contributed by atoms with Crippen LogP contribution in [0.4, 0.5) is 11.4 Å². The van der Waals surface area contributed by atoms with Crippen LogP contribution in [0.2, 0.25) is 0 Å².